The Labute approximate surface area is 163 Å². The van der Waals surface area contributed by atoms with E-state index in [1.807, 2.05) is 11.0 Å². The van der Waals surface area contributed by atoms with Gasteiger partial charge >= 0.3 is 5.97 Å². The van der Waals surface area contributed by atoms with Gasteiger partial charge in [0.25, 0.3) is 0 Å². The number of hydrogen-bond acceptors (Lipinski definition) is 6. The molecule has 7 nitrogen and oxygen atoms in total. The largest absolute Gasteiger partial charge is 0.496 e. The first-order valence-corrected chi connectivity index (χ1v) is 9.27. The second-order valence-electron chi connectivity index (χ2n) is 6.37. The molecule has 0 bridgehead atoms. The van der Waals surface area contributed by atoms with Crippen LogP contribution in [0.3, 0.4) is 0 Å². The van der Waals surface area contributed by atoms with Crippen LogP contribution in [0.15, 0.2) is 30.6 Å². The molecule has 1 aromatic carbocycles. The Morgan fingerprint density at radius 1 is 1.26 bits per heavy atom. The number of carbonyl (C=O) groups is 1. The van der Waals surface area contributed by atoms with Crippen LogP contribution in [0, 0.1) is 0 Å². The molecule has 27 heavy (non-hydrogen) atoms. The molecule has 0 aliphatic carbocycles. The van der Waals surface area contributed by atoms with Crippen molar-refractivity contribution < 1.29 is 14.6 Å². The van der Waals surface area contributed by atoms with E-state index >= 15 is 0 Å². The molecule has 0 saturated carbocycles. The molecular weight excluding hydrogens is 368 g/mol. The number of aromatic nitrogens is 2. The number of halogens is 1. The standard InChI is InChI=1S/C19H23ClN4O3/c1-3-14-11-17(22-12-21-14)23-6-8-24(9-7-23)18(19(25)26)15-10-13(20)4-5-16(15)27-2/h4-5,10-12,18H,3,6-9H2,1-2H3,(H,25,26). The predicted molar refractivity (Wildman–Crippen MR) is 104 cm³/mol. The van der Waals surface area contributed by atoms with Gasteiger partial charge in [0.15, 0.2) is 0 Å². The fourth-order valence-corrected chi connectivity index (χ4v) is 3.55. The van der Waals surface area contributed by atoms with Gasteiger partial charge in [0.1, 0.15) is 23.9 Å². The van der Waals surface area contributed by atoms with Crippen LogP contribution < -0.4 is 9.64 Å². The lowest BCUT2D eigenvalue weighted by molar-refractivity contribution is -0.143. The van der Waals surface area contributed by atoms with E-state index in [1.165, 1.54) is 7.11 Å². The number of benzene rings is 1. The third-order valence-corrected chi connectivity index (χ3v) is 5.03. The second kappa shape index (κ2) is 8.54. The van der Waals surface area contributed by atoms with Gasteiger partial charge in [-0.1, -0.05) is 18.5 Å². The third-order valence-electron chi connectivity index (χ3n) is 4.80. The maximum absolute atomic E-state index is 12.0. The highest BCUT2D eigenvalue weighted by molar-refractivity contribution is 6.30. The Morgan fingerprint density at radius 2 is 2.00 bits per heavy atom. The summed E-state index contributed by atoms with van der Waals surface area (Å²) in [5.41, 5.74) is 1.57. The minimum absolute atomic E-state index is 0.490. The number of piperazine rings is 1. The minimum atomic E-state index is -0.917. The SMILES string of the molecule is CCc1cc(N2CCN(C(C(=O)O)c3cc(Cl)ccc3OC)CC2)ncn1. The van der Waals surface area contributed by atoms with E-state index in [9.17, 15) is 9.90 Å². The van der Waals surface area contributed by atoms with Crippen LogP contribution in [-0.2, 0) is 11.2 Å². The number of aliphatic carboxylic acids is 1. The molecule has 0 amide bonds. The number of ether oxygens (including phenoxy) is 1. The molecule has 1 aliphatic heterocycles. The molecule has 144 valence electrons. The van der Waals surface area contributed by atoms with Gasteiger partial charge in [0.05, 0.1) is 7.11 Å². The summed E-state index contributed by atoms with van der Waals surface area (Å²) in [5, 5.41) is 10.4. The van der Waals surface area contributed by atoms with Crippen LogP contribution in [0.5, 0.6) is 5.75 Å². The van der Waals surface area contributed by atoms with Crippen LogP contribution in [0.4, 0.5) is 5.82 Å². The number of rotatable bonds is 6. The van der Waals surface area contributed by atoms with E-state index in [4.69, 9.17) is 16.3 Å². The molecule has 8 heteroatoms. The van der Waals surface area contributed by atoms with Gasteiger partial charge in [-0.2, -0.15) is 0 Å². The summed E-state index contributed by atoms with van der Waals surface area (Å²) in [6, 6.07) is 6.25. The molecule has 0 radical (unpaired) electrons. The first kappa shape index (κ1) is 19.4. The zero-order valence-corrected chi connectivity index (χ0v) is 16.2. The Bertz CT molecular complexity index is 809. The lowest BCUT2D eigenvalue weighted by atomic mass is 10.0. The summed E-state index contributed by atoms with van der Waals surface area (Å²) < 4.78 is 5.36. The Hall–Kier alpha value is -2.38. The molecule has 2 aromatic rings. The lowest BCUT2D eigenvalue weighted by Gasteiger charge is -2.38. The van der Waals surface area contributed by atoms with Gasteiger partial charge in [-0.25, -0.2) is 9.97 Å². The van der Waals surface area contributed by atoms with Crippen molar-refractivity contribution in [1.82, 2.24) is 14.9 Å². The molecule has 1 saturated heterocycles. The molecule has 1 unspecified atom stereocenters. The van der Waals surface area contributed by atoms with Gasteiger partial charge in [-0.05, 0) is 24.6 Å². The van der Waals surface area contributed by atoms with Crippen molar-refractivity contribution in [2.24, 2.45) is 0 Å². The normalized spacial score (nSPS) is 16.2. The molecule has 1 fully saturated rings. The highest BCUT2D eigenvalue weighted by Crippen LogP contribution is 2.33. The molecule has 3 rings (SSSR count). The van der Waals surface area contributed by atoms with Crippen molar-refractivity contribution in [2.75, 3.05) is 38.2 Å². The second-order valence-corrected chi connectivity index (χ2v) is 6.81. The monoisotopic (exact) mass is 390 g/mol. The Morgan fingerprint density at radius 3 is 2.63 bits per heavy atom. The number of carboxylic acids is 1. The Kier molecular flexibility index (Phi) is 6.13. The number of nitrogens with zero attached hydrogens (tertiary/aromatic N) is 4. The van der Waals surface area contributed by atoms with Gasteiger partial charge in [0.2, 0.25) is 0 Å². The summed E-state index contributed by atoms with van der Waals surface area (Å²) in [4.78, 5) is 24.7. The van der Waals surface area contributed by atoms with Gasteiger partial charge in [-0.15, -0.1) is 0 Å². The number of hydrogen-bond donors (Lipinski definition) is 1. The zero-order valence-electron chi connectivity index (χ0n) is 15.4. The molecule has 1 aromatic heterocycles. The molecule has 1 aliphatic rings. The maximum atomic E-state index is 12.0. The van der Waals surface area contributed by atoms with Crippen LogP contribution >= 0.6 is 11.6 Å². The molecular formula is C19H23ClN4O3. The first-order chi connectivity index (χ1) is 13.0. The van der Waals surface area contributed by atoms with E-state index in [0.29, 0.717) is 42.5 Å². The third kappa shape index (κ3) is 4.31. The fourth-order valence-electron chi connectivity index (χ4n) is 3.37. The average Bonchev–Trinajstić information content (AvgIpc) is 2.69. The van der Waals surface area contributed by atoms with Crippen molar-refractivity contribution in [2.45, 2.75) is 19.4 Å². The van der Waals surface area contributed by atoms with Gasteiger partial charge < -0.3 is 14.7 Å². The first-order valence-electron chi connectivity index (χ1n) is 8.89. The summed E-state index contributed by atoms with van der Waals surface area (Å²) in [6.07, 6.45) is 2.43. The van der Waals surface area contributed by atoms with Crippen LogP contribution in [0.25, 0.3) is 0 Å². The number of carboxylic acid groups (broad SMARTS) is 1. The quantitative estimate of drug-likeness (QED) is 0.812. The molecule has 1 N–H and O–H groups in total. The maximum Gasteiger partial charge on any atom is 0.325 e. The van der Waals surface area contributed by atoms with Gasteiger partial charge in [-0.3, -0.25) is 9.69 Å². The zero-order chi connectivity index (χ0) is 19.4. The topological polar surface area (TPSA) is 78.8 Å². The van der Waals surface area contributed by atoms with Crippen molar-refractivity contribution in [3.8, 4) is 5.75 Å². The van der Waals surface area contributed by atoms with Crippen LogP contribution in [0.1, 0.15) is 24.2 Å². The molecule has 2 heterocycles. The van der Waals surface area contributed by atoms with E-state index < -0.39 is 12.0 Å². The summed E-state index contributed by atoms with van der Waals surface area (Å²) >= 11 is 6.10. The minimum Gasteiger partial charge on any atom is -0.496 e. The van der Waals surface area contributed by atoms with Crippen molar-refractivity contribution in [3.05, 3.63) is 46.9 Å². The smallest absolute Gasteiger partial charge is 0.325 e. The number of anilines is 1. The molecule has 0 spiro atoms. The van der Waals surface area contributed by atoms with Gasteiger partial charge in [0, 0.05) is 48.5 Å². The average molecular weight is 391 g/mol. The summed E-state index contributed by atoms with van der Waals surface area (Å²) in [6.45, 7) is 4.62. The number of aryl methyl sites for hydroxylation is 1. The number of methoxy groups -OCH3 is 1. The van der Waals surface area contributed by atoms with E-state index in [1.54, 1.807) is 24.5 Å². The van der Waals surface area contributed by atoms with E-state index in [0.717, 1.165) is 17.9 Å². The van der Waals surface area contributed by atoms with Crippen LogP contribution in [-0.4, -0.2) is 59.2 Å². The summed E-state index contributed by atoms with van der Waals surface area (Å²) in [7, 11) is 1.53. The highest BCUT2D eigenvalue weighted by atomic mass is 35.5. The van der Waals surface area contributed by atoms with Crippen molar-refractivity contribution >= 4 is 23.4 Å². The lowest BCUT2D eigenvalue weighted by Crippen LogP contribution is -2.49. The fraction of sp³-hybridized carbons (Fsp3) is 0.421. The van der Waals surface area contributed by atoms with E-state index in [2.05, 4.69) is 21.8 Å². The van der Waals surface area contributed by atoms with Crippen LogP contribution in [0.2, 0.25) is 5.02 Å². The highest BCUT2D eigenvalue weighted by Gasteiger charge is 2.33. The van der Waals surface area contributed by atoms with E-state index in [-0.39, 0.29) is 0 Å². The predicted octanol–water partition coefficient (Wildman–Crippen LogP) is 2.65. The Balaban J connectivity index is 1.78. The van der Waals surface area contributed by atoms with Crippen molar-refractivity contribution in [1.29, 1.82) is 0 Å². The summed E-state index contributed by atoms with van der Waals surface area (Å²) in [5.74, 6) is 0.491. The molecule has 1 atom stereocenters. The van der Waals surface area contributed by atoms with Crippen molar-refractivity contribution in [3.63, 3.8) is 0 Å².